The third-order valence-electron chi connectivity index (χ3n) is 4.41. The van der Waals surface area contributed by atoms with Crippen molar-refractivity contribution in [3.8, 4) is 5.75 Å². The van der Waals surface area contributed by atoms with Gasteiger partial charge >= 0.3 is 27.8 Å². The van der Waals surface area contributed by atoms with Crippen LogP contribution in [0.5, 0.6) is 5.75 Å². The summed E-state index contributed by atoms with van der Waals surface area (Å²) in [7, 11) is -5.00. The van der Waals surface area contributed by atoms with Gasteiger partial charge in [0.15, 0.2) is 5.78 Å². The molecule has 13 heteroatoms. The molecule has 0 amide bonds. The van der Waals surface area contributed by atoms with Gasteiger partial charge in [0.05, 0.1) is 25.4 Å². The highest BCUT2D eigenvalue weighted by atomic mass is 32.2. The monoisotopic (exact) mass is 448 g/mol. The van der Waals surface area contributed by atoms with Crippen LogP contribution in [-0.2, 0) is 26.1 Å². The molecule has 0 aromatic heterocycles. The third-order valence-corrected chi connectivity index (χ3v) is 5.39. The van der Waals surface area contributed by atoms with Gasteiger partial charge in [0.2, 0.25) is 0 Å². The van der Waals surface area contributed by atoms with Crippen LogP contribution in [-0.4, -0.2) is 39.0 Å². The van der Waals surface area contributed by atoms with Crippen molar-refractivity contribution >= 4 is 21.9 Å². The number of ketones is 1. The Morgan fingerprint density at radius 2 is 1.79 bits per heavy atom. The molecule has 0 saturated heterocycles. The van der Waals surface area contributed by atoms with Crippen molar-refractivity contribution in [1.82, 2.24) is 0 Å². The summed E-state index contributed by atoms with van der Waals surface area (Å²) in [5, 5.41) is 0. The first-order valence-corrected chi connectivity index (χ1v) is 9.33. The van der Waals surface area contributed by atoms with Gasteiger partial charge in [0.1, 0.15) is 5.75 Å². The van der Waals surface area contributed by atoms with E-state index in [1.807, 2.05) is 0 Å². The largest absolute Gasteiger partial charge is 0.534 e. The Hall–Kier alpha value is -2.31. The number of halogens is 6. The number of carbonyl (C=O) groups is 2. The lowest BCUT2D eigenvalue weighted by Gasteiger charge is -2.36. The van der Waals surface area contributed by atoms with E-state index in [0.717, 1.165) is 25.3 Å². The smallest absolute Gasteiger partial charge is 0.469 e. The molecule has 1 aromatic carbocycles. The Labute approximate surface area is 160 Å². The number of esters is 1. The van der Waals surface area contributed by atoms with E-state index in [2.05, 4.69) is 8.92 Å². The molecule has 0 heterocycles. The zero-order valence-corrected chi connectivity index (χ0v) is 15.5. The summed E-state index contributed by atoms with van der Waals surface area (Å²) < 4.78 is 107. The summed E-state index contributed by atoms with van der Waals surface area (Å²) in [5.74, 6) is -2.81. The minimum absolute atomic E-state index is 0.00698. The number of methoxy groups -OCH3 is 1. The van der Waals surface area contributed by atoms with Crippen LogP contribution in [0, 0.1) is 5.41 Å². The number of carbonyl (C=O) groups excluding carboxylic acids is 2. The Bertz CT molecular complexity index is 921. The number of Topliss-reactive ketones (excluding diaryl/α,β-unsaturated/α-hetero) is 1. The molecule has 0 bridgehead atoms. The van der Waals surface area contributed by atoms with E-state index < -0.39 is 64.0 Å². The number of alkyl halides is 6. The normalized spacial score (nSPS) is 20.2. The van der Waals surface area contributed by atoms with E-state index in [1.54, 1.807) is 0 Å². The summed E-state index contributed by atoms with van der Waals surface area (Å²) in [6.07, 6.45) is -7.86. The van der Waals surface area contributed by atoms with Crippen LogP contribution in [0.2, 0.25) is 0 Å². The van der Waals surface area contributed by atoms with E-state index in [0.29, 0.717) is 0 Å². The van der Waals surface area contributed by atoms with Gasteiger partial charge in [-0.15, -0.1) is 0 Å². The standard InChI is InChI=1S/C16H14F6O6S/c1-27-12(23)7-14(8-15(17,18)19)5-4-9-6-10(2-3-11(9)13(14)24)28-29(25,26)16(20,21)22/h2-3,6H,4-5,7-8H2,1H3/t14-/m0/s1. The first kappa shape index (κ1) is 23.0. The van der Waals surface area contributed by atoms with E-state index in [1.165, 1.54) is 0 Å². The lowest BCUT2D eigenvalue weighted by atomic mass is 9.66. The van der Waals surface area contributed by atoms with Gasteiger partial charge in [-0.25, -0.2) is 0 Å². The maximum absolute atomic E-state index is 13.1. The van der Waals surface area contributed by atoms with Gasteiger partial charge in [0.25, 0.3) is 0 Å². The molecule has 6 nitrogen and oxygen atoms in total. The minimum Gasteiger partial charge on any atom is -0.469 e. The Kier molecular flexibility index (Phi) is 5.94. The maximum Gasteiger partial charge on any atom is 0.534 e. The topological polar surface area (TPSA) is 86.7 Å². The number of ether oxygens (including phenoxy) is 1. The number of rotatable bonds is 5. The van der Waals surface area contributed by atoms with Gasteiger partial charge < -0.3 is 8.92 Å². The van der Waals surface area contributed by atoms with Crippen molar-refractivity contribution in [3.05, 3.63) is 29.3 Å². The van der Waals surface area contributed by atoms with Gasteiger partial charge in [0, 0.05) is 5.56 Å². The molecule has 1 aliphatic rings. The third kappa shape index (κ3) is 5.00. The fourth-order valence-electron chi connectivity index (χ4n) is 3.13. The summed E-state index contributed by atoms with van der Waals surface area (Å²) in [4.78, 5) is 24.4. The van der Waals surface area contributed by atoms with Crippen molar-refractivity contribution < 1.29 is 53.3 Å². The summed E-state index contributed by atoms with van der Waals surface area (Å²) >= 11 is 0. The summed E-state index contributed by atoms with van der Waals surface area (Å²) in [5.41, 5.74) is -8.06. The second-order valence-electron chi connectivity index (χ2n) is 6.46. The maximum atomic E-state index is 13.1. The summed E-state index contributed by atoms with van der Waals surface area (Å²) in [6.45, 7) is 0. The highest BCUT2D eigenvalue weighted by molar-refractivity contribution is 7.88. The van der Waals surface area contributed by atoms with Crippen LogP contribution in [0.1, 0.15) is 35.2 Å². The van der Waals surface area contributed by atoms with E-state index in [9.17, 15) is 44.3 Å². The van der Waals surface area contributed by atoms with Crippen molar-refractivity contribution in [2.24, 2.45) is 5.41 Å². The fraction of sp³-hybridized carbons (Fsp3) is 0.500. The molecule has 0 saturated carbocycles. The second-order valence-corrected chi connectivity index (χ2v) is 7.99. The molecule has 2 rings (SSSR count). The molecule has 0 aliphatic heterocycles. The van der Waals surface area contributed by atoms with Crippen LogP contribution in [0.25, 0.3) is 0 Å². The number of hydrogen-bond donors (Lipinski definition) is 0. The van der Waals surface area contributed by atoms with E-state index in [4.69, 9.17) is 0 Å². The van der Waals surface area contributed by atoms with Gasteiger partial charge in [-0.05, 0) is 36.6 Å². The molecule has 1 aromatic rings. The average molecular weight is 448 g/mol. The number of aryl methyl sites for hydroxylation is 1. The van der Waals surface area contributed by atoms with Gasteiger partial charge in [-0.3, -0.25) is 9.59 Å². The van der Waals surface area contributed by atoms with Crippen LogP contribution in [0.15, 0.2) is 18.2 Å². The molecule has 0 radical (unpaired) electrons. The Morgan fingerprint density at radius 1 is 1.17 bits per heavy atom. The highest BCUT2D eigenvalue weighted by Gasteiger charge is 2.52. The van der Waals surface area contributed by atoms with Gasteiger partial charge in [-0.1, -0.05) is 0 Å². The van der Waals surface area contributed by atoms with Gasteiger partial charge in [-0.2, -0.15) is 34.8 Å². The molecule has 1 aliphatic carbocycles. The lowest BCUT2D eigenvalue weighted by molar-refractivity contribution is -0.161. The predicted octanol–water partition coefficient (Wildman–Crippen LogP) is 3.55. The van der Waals surface area contributed by atoms with E-state index in [-0.39, 0.29) is 17.5 Å². The molecule has 0 fully saturated rings. The molecule has 0 unspecified atom stereocenters. The van der Waals surface area contributed by atoms with Crippen LogP contribution in [0.4, 0.5) is 26.3 Å². The molecule has 29 heavy (non-hydrogen) atoms. The Morgan fingerprint density at radius 3 is 2.31 bits per heavy atom. The molecule has 1 atom stereocenters. The minimum atomic E-state index is -5.95. The first-order chi connectivity index (χ1) is 13.1. The molecule has 162 valence electrons. The highest BCUT2D eigenvalue weighted by Crippen LogP contribution is 2.46. The molecule has 0 spiro atoms. The SMILES string of the molecule is COC(=O)C[C@]1(CC(F)(F)F)CCc2cc(OS(=O)(=O)C(F)(F)F)ccc2C1=O. The van der Waals surface area contributed by atoms with Crippen LogP contribution < -0.4 is 4.18 Å². The lowest BCUT2D eigenvalue weighted by Crippen LogP contribution is -2.41. The molecular weight excluding hydrogens is 434 g/mol. The van der Waals surface area contributed by atoms with Crippen molar-refractivity contribution in [1.29, 1.82) is 0 Å². The molecule has 0 N–H and O–H groups in total. The van der Waals surface area contributed by atoms with E-state index >= 15 is 0 Å². The number of benzene rings is 1. The quantitative estimate of drug-likeness (QED) is 0.296. The number of hydrogen-bond acceptors (Lipinski definition) is 6. The second kappa shape index (κ2) is 7.50. The fourth-order valence-corrected chi connectivity index (χ4v) is 3.58. The zero-order valence-electron chi connectivity index (χ0n) is 14.7. The van der Waals surface area contributed by atoms with Crippen molar-refractivity contribution in [2.45, 2.75) is 37.4 Å². The zero-order chi connectivity index (χ0) is 22.3. The Balaban J connectivity index is 2.41. The van der Waals surface area contributed by atoms with Crippen LogP contribution in [0.3, 0.4) is 0 Å². The predicted molar refractivity (Wildman–Crippen MR) is 84.4 cm³/mol. The first-order valence-electron chi connectivity index (χ1n) is 7.92. The summed E-state index contributed by atoms with van der Waals surface area (Å²) in [6, 6.07) is 2.44. The average Bonchev–Trinajstić information content (AvgIpc) is 2.55. The van der Waals surface area contributed by atoms with Crippen molar-refractivity contribution in [2.75, 3.05) is 7.11 Å². The number of fused-ring (bicyclic) bond motifs is 1. The molecular formula is C16H14F6O6S. The van der Waals surface area contributed by atoms with Crippen LogP contribution >= 0.6 is 0 Å². The van der Waals surface area contributed by atoms with Crippen molar-refractivity contribution in [3.63, 3.8) is 0 Å².